The molecular weight excluding hydrogens is 507 g/mol. The van der Waals surface area contributed by atoms with Crippen molar-refractivity contribution in [1.82, 2.24) is 10.6 Å². The van der Waals surface area contributed by atoms with Gasteiger partial charge in [-0.25, -0.2) is 0 Å². The highest BCUT2D eigenvalue weighted by Gasteiger charge is 2.18. The fraction of sp³-hybridized carbons (Fsp3) is 0.308. The summed E-state index contributed by atoms with van der Waals surface area (Å²) < 4.78 is 2.06. The van der Waals surface area contributed by atoms with E-state index in [1.54, 1.807) is 0 Å². The summed E-state index contributed by atoms with van der Waals surface area (Å²) in [4.78, 5) is 26.2. The van der Waals surface area contributed by atoms with Crippen LogP contribution in [0.5, 0.6) is 0 Å². The molecule has 0 aliphatic heterocycles. The molecule has 0 aliphatic carbocycles. The topological polar surface area (TPSA) is 58.2 Å². The minimum Gasteiger partial charge on any atom is -0.351 e. The first-order valence-electron chi connectivity index (χ1n) is 11.3. The largest absolute Gasteiger partial charge is 0.351 e. The first-order chi connectivity index (χ1) is 16.3. The molecule has 0 saturated carbocycles. The Bertz CT molecular complexity index is 1260. The molecule has 0 atom stereocenters. The molecular formula is C26H26Cl2N2O2S2. The number of fused-ring (bicyclic) bond motifs is 2. The van der Waals surface area contributed by atoms with E-state index in [0.717, 1.165) is 57.0 Å². The van der Waals surface area contributed by atoms with Gasteiger partial charge in [0.1, 0.15) is 9.75 Å². The second-order valence-corrected chi connectivity index (χ2v) is 11.3. The minimum absolute atomic E-state index is 0.119. The first-order valence-corrected chi connectivity index (χ1v) is 13.7. The quantitative estimate of drug-likeness (QED) is 0.216. The van der Waals surface area contributed by atoms with Crippen LogP contribution in [0.1, 0.15) is 56.2 Å². The van der Waals surface area contributed by atoms with Crippen molar-refractivity contribution in [3.05, 3.63) is 67.3 Å². The average Bonchev–Trinajstić information content (AvgIpc) is 3.31. The molecule has 2 heterocycles. The number of rotatable bonds is 9. The van der Waals surface area contributed by atoms with E-state index >= 15 is 0 Å². The fourth-order valence-electron chi connectivity index (χ4n) is 3.80. The van der Waals surface area contributed by atoms with Crippen molar-refractivity contribution in [2.45, 2.75) is 39.5 Å². The number of amides is 2. The van der Waals surface area contributed by atoms with Crippen molar-refractivity contribution in [2.24, 2.45) is 0 Å². The molecule has 2 N–H and O–H groups in total. The molecule has 0 spiro atoms. The summed E-state index contributed by atoms with van der Waals surface area (Å²) in [5.74, 6) is -0.238. The summed E-state index contributed by atoms with van der Waals surface area (Å²) >= 11 is 15.7. The number of halogens is 2. The Balaban J connectivity index is 1.15. The maximum atomic E-state index is 12.5. The zero-order chi connectivity index (χ0) is 24.2. The van der Waals surface area contributed by atoms with Crippen molar-refractivity contribution in [1.29, 1.82) is 0 Å². The highest BCUT2D eigenvalue weighted by Crippen LogP contribution is 2.36. The molecule has 2 aromatic carbocycles. The van der Waals surface area contributed by atoms with Crippen LogP contribution in [0.25, 0.3) is 20.2 Å². The van der Waals surface area contributed by atoms with Gasteiger partial charge in [0, 0.05) is 33.3 Å². The van der Waals surface area contributed by atoms with Gasteiger partial charge in [0.25, 0.3) is 11.8 Å². The van der Waals surface area contributed by atoms with Crippen LogP contribution >= 0.6 is 45.9 Å². The molecule has 178 valence electrons. The lowest BCUT2D eigenvalue weighted by molar-refractivity contribution is 0.0947. The Morgan fingerprint density at radius 2 is 1.12 bits per heavy atom. The lowest BCUT2D eigenvalue weighted by atomic mass is 10.2. The summed E-state index contributed by atoms with van der Waals surface area (Å²) in [6.07, 6.45) is 3.70. The summed E-state index contributed by atoms with van der Waals surface area (Å²) in [7, 11) is 0. The summed E-state index contributed by atoms with van der Waals surface area (Å²) in [6, 6.07) is 12.0. The number of carbonyl (C=O) groups excluding carboxylic acids is 2. The number of carbonyl (C=O) groups is 2. The van der Waals surface area contributed by atoms with E-state index in [2.05, 4.69) is 22.8 Å². The maximum absolute atomic E-state index is 12.5. The third kappa shape index (κ3) is 5.57. The van der Waals surface area contributed by atoms with Gasteiger partial charge in [0.05, 0.1) is 10.0 Å². The maximum Gasteiger partial charge on any atom is 0.262 e. The van der Waals surface area contributed by atoms with E-state index in [1.165, 1.54) is 22.7 Å². The van der Waals surface area contributed by atoms with E-state index < -0.39 is 0 Å². The van der Waals surface area contributed by atoms with Crippen molar-refractivity contribution in [3.8, 4) is 0 Å². The van der Waals surface area contributed by atoms with Crippen LogP contribution in [0.15, 0.2) is 36.4 Å². The third-order valence-corrected chi connectivity index (χ3v) is 8.97. The van der Waals surface area contributed by atoms with Gasteiger partial charge in [-0.05, 0) is 49.9 Å². The monoisotopic (exact) mass is 532 g/mol. The Kier molecular flexibility index (Phi) is 8.14. The summed E-state index contributed by atoms with van der Waals surface area (Å²) in [5, 5.41) is 8.86. The molecule has 0 fully saturated rings. The molecule has 2 amide bonds. The van der Waals surface area contributed by atoms with Gasteiger partial charge in [-0.15, -0.1) is 22.7 Å². The van der Waals surface area contributed by atoms with Crippen LogP contribution in [0.3, 0.4) is 0 Å². The molecule has 0 aliphatic rings. The average molecular weight is 534 g/mol. The summed E-state index contributed by atoms with van der Waals surface area (Å²) in [6.45, 7) is 5.26. The van der Waals surface area contributed by atoms with Crippen LogP contribution in [0.2, 0.25) is 10.0 Å². The van der Waals surface area contributed by atoms with Gasteiger partial charge in [-0.2, -0.15) is 0 Å². The predicted molar refractivity (Wildman–Crippen MR) is 146 cm³/mol. The minimum atomic E-state index is -0.119. The number of hydrogen-bond donors (Lipinski definition) is 2. The number of unbranched alkanes of at least 4 members (excludes halogenated alkanes) is 3. The van der Waals surface area contributed by atoms with Crippen molar-refractivity contribution < 1.29 is 9.59 Å². The van der Waals surface area contributed by atoms with Crippen molar-refractivity contribution in [2.75, 3.05) is 13.1 Å². The molecule has 4 aromatic rings. The van der Waals surface area contributed by atoms with Gasteiger partial charge in [-0.3, -0.25) is 9.59 Å². The fourth-order valence-corrected chi connectivity index (χ4v) is 6.87. The Labute approximate surface area is 217 Å². The zero-order valence-corrected chi connectivity index (χ0v) is 22.2. The molecule has 0 saturated heterocycles. The number of nitrogens with one attached hydrogen (secondary N) is 2. The molecule has 4 nitrogen and oxygen atoms in total. The zero-order valence-electron chi connectivity index (χ0n) is 19.1. The molecule has 0 unspecified atom stereocenters. The second kappa shape index (κ2) is 11.1. The SMILES string of the molecule is Cc1ccc2c(Cl)c(C(=O)NCCCCCCNC(=O)c3sc4cc(C)ccc4c3Cl)sc2c1. The summed E-state index contributed by atoms with van der Waals surface area (Å²) in [5.41, 5.74) is 2.30. The second-order valence-electron chi connectivity index (χ2n) is 8.42. The highest BCUT2D eigenvalue weighted by molar-refractivity contribution is 7.22. The Morgan fingerprint density at radius 1 is 0.706 bits per heavy atom. The molecule has 2 aromatic heterocycles. The van der Waals surface area contributed by atoms with E-state index in [1.807, 2.05) is 38.1 Å². The van der Waals surface area contributed by atoms with Gasteiger partial charge in [0.15, 0.2) is 0 Å². The molecule has 34 heavy (non-hydrogen) atoms. The predicted octanol–water partition coefficient (Wildman–Crippen LogP) is 7.76. The lowest BCUT2D eigenvalue weighted by Crippen LogP contribution is -2.24. The van der Waals surface area contributed by atoms with Gasteiger partial charge < -0.3 is 10.6 Å². The third-order valence-electron chi connectivity index (χ3n) is 5.66. The van der Waals surface area contributed by atoms with E-state index in [9.17, 15) is 9.59 Å². The first kappa shape index (κ1) is 25.0. The standard InChI is InChI=1S/C26H26Cl2N2O2S2/c1-15-7-9-17-19(13-15)33-23(21(17)27)25(31)29-11-5-3-4-6-12-30-26(32)24-22(28)18-10-8-16(2)14-20(18)34-24/h7-10,13-14H,3-6,11-12H2,1-2H3,(H,29,31)(H,30,32). The van der Waals surface area contributed by atoms with E-state index in [4.69, 9.17) is 23.2 Å². The van der Waals surface area contributed by atoms with Crippen LogP contribution in [-0.2, 0) is 0 Å². The highest BCUT2D eigenvalue weighted by atomic mass is 35.5. The Morgan fingerprint density at radius 3 is 1.53 bits per heavy atom. The van der Waals surface area contributed by atoms with Crippen LogP contribution in [0.4, 0.5) is 0 Å². The number of hydrogen-bond acceptors (Lipinski definition) is 4. The Hall–Kier alpha value is -2.12. The van der Waals surface area contributed by atoms with E-state index in [0.29, 0.717) is 32.9 Å². The smallest absolute Gasteiger partial charge is 0.262 e. The molecule has 4 rings (SSSR count). The number of aryl methyl sites for hydroxylation is 2. The van der Waals surface area contributed by atoms with Crippen LogP contribution in [0, 0.1) is 13.8 Å². The molecule has 8 heteroatoms. The lowest BCUT2D eigenvalue weighted by Gasteiger charge is -2.06. The number of thiophene rings is 2. The van der Waals surface area contributed by atoms with Crippen LogP contribution in [-0.4, -0.2) is 24.9 Å². The van der Waals surface area contributed by atoms with Gasteiger partial charge >= 0.3 is 0 Å². The normalized spacial score (nSPS) is 11.3. The van der Waals surface area contributed by atoms with E-state index in [-0.39, 0.29) is 11.8 Å². The molecule has 0 bridgehead atoms. The molecule has 0 radical (unpaired) electrons. The van der Waals surface area contributed by atoms with Crippen LogP contribution < -0.4 is 10.6 Å². The van der Waals surface area contributed by atoms with Crippen molar-refractivity contribution >= 4 is 77.9 Å². The van der Waals surface area contributed by atoms with Gasteiger partial charge in [0.2, 0.25) is 0 Å². The number of benzene rings is 2. The van der Waals surface area contributed by atoms with Gasteiger partial charge in [-0.1, -0.05) is 60.3 Å². The van der Waals surface area contributed by atoms with Crippen molar-refractivity contribution in [3.63, 3.8) is 0 Å².